The summed E-state index contributed by atoms with van der Waals surface area (Å²) >= 11 is 11.1. The van der Waals surface area contributed by atoms with Gasteiger partial charge in [0.2, 0.25) is 0 Å². The van der Waals surface area contributed by atoms with E-state index in [0.717, 1.165) is 5.39 Å². The molecular weight excluding hydrogens is 477 g/mol. The Bertz CT molecular complexity index is 1310. The van der Waals surface area contributed by atoms with Crippen LogP contribution in [0.25, 0.3) is 16.3 Å². The van der Waals surface area contributed by atoms with Crippen molar-refractivity contribution in [3.05, 3.63) is 81.7 Å². The predicted octanol–water partition coefficient (Wildman–Crippen LogP) is 4.22. The van der Waals surface area contributed by atoms with Crippen molar-refractivity contribution in [2.24, 2.45) is 0 Å². The molecule has 0 spiro atoms. The highest BCUT2D eigenvalue weighted by Crippen LogP contribution is 2.42. The number of aliphatic hydroxyl groups excluding tert-OH is 1. The molecule has 176 valence electrons. The van der Waals surface area contributed by atoms with Crippen LogP contribution in [0.5, 0.6) is 5.75 Å². The number of aromatic hydroxyl groups is 1. The number of aliphatic hydroxyl groups is 1. The molecule has 0 saturated carbocycles. The molecule has 3 N–H and O–H groups in total. The molecule has 34 heavy (non-hydrogen) atoms. The van der Waals surface area contributed by atoms with Gasteiger partial charge >= 0.3 is 0 Å². The molecule has 2 aliphatic rings. The minimum atomic E-state index is -0.808. The highest BCUT2D eigenvalue weighted by Gasteiger charge is 2.30. The largest absolute Gasteiger partial charge is 0.508 e. The second-order valence-corrected chi connectivity index (χ2v) is 8.88. The van der Waals surface area contributed by atoms with Crippen molar-refractivity contribution in [2.75, 3.05) is 32.8 Å². The van der Waals surface area contributed by atoms with Crippen LogP contribution < -0.4 is 0 Å². The number of phenols is 1. The maximum atomic E-state index is 15.6. The quantitative estimate of drug-likeness (QED) is 0.375. The average Bonchev–Trinajstić information content (AvgIpc) is 2.84. The summed E-state index contributed by atoms with van der Waals surface area (Å²) in [6.45, 7) is 4.75. The molecule has 1 amide bonds. The molecule has 0 bridgehead atoms. The van der Waals surface area contributed by atoms with E-state index in [1.165, 1.54) is 12.1 Å². The van der Waals surface area contributed by atoms with Gasteiger partial charge in [-0.1, -0.05) is 42.4 Å². The number of rotatable bonds is 4. The van der Waals surface area contributed by atoms with Crippen LogP contribution in [0.15, 0.2) is 76.1 Å². The lowest BCUT2D eigenvalue weighted by Crippen LogP contribution is -2.48. The van der Waals surface area contributed by atoms with Crippen LogP contribution in [-0.2, 0) is 4.79 Å². The molecule has 1 aliphatic carbocycles. The monoisotopic (exact) mass is 499 g/mol. The van der Waals surface area contributed by atoms with Gasteiger partial charge in [-0.3, -0.25) is 10.2 Å². The van der Waals surface area contributed by atoms with Gasteiger partial charge < -0.3 is 20.0 Å². The molecule has 4 rings (SSSR count). The number of benzene rings is 2. The Hall–Kier alpha value is -3.07. The van der Waals surface area contributed by atoms with Gasteiger partial charge in [0.1, 0.15) is 11.5 Å². The van der Waals surface area contributed by atoms with Crippen LogP contribution in [0.1, 0.15) is 5.56 Å². The summed E-state index contributed by atoms with van der Waals surface area (Å²) in [4.78, 5) is 15.6. The Morgan fingerprint density at radius 2 is 1.82 bits per heavy atom. The van der Waals surface area contributed by atoms with Crippen molar-refractivity contribution in [3.8, 4) is 5.75 Å². The first kappa shape index (κ1) is 24.1. The minimum absolute atomic E-state index is 0.0301. The van der Waals surface area contributed by atoms with Crippen LogP contribution in [0.3, 0.4) is 0 Å². The first-order valence-electron chi connectivity index (χ1n) is 10.6. The first-order chi connectivity index (χ1) is 16.2. The number of allylic oxidation sites excluding steroid dienone is 5. The van der Waals surface area contributed by atoms with E-state index in [2.05, 4.69) is 19.2 Å². The summed E-state index contributed by atoms with van der Waals surface area (Å²) in [5.41, 5.74) is 0.445. The van der Waals surface area contributed by atoms with E-state index in [1.54, 1.807) is 23.1 Å². The number of nitrogens with zero attached hydrogens (tertiary/aromatic N) is 2. The zero-order chi connectivity index (χ0) is 24.6. The molecule has 1 saturated heterocycles. The van der Waals surface area contributed by atoms with Crippen LogP contribution >= 0.6 is 24.2 Å². The second-order valence-electron chi connectivity index (χ2n) is 8.05. The number of amides is 1. The van der Waals surface area contributed by atoms with Gasteiger partial charge in [-0.2, -0.15) is 0 Å². The molecule has 9 heteroatoms. The number of fused-ring (bicyclic) bond motifs is 1. The fraction of sp³-hybridized carbons (Fsp3) is 0.200. The Labute approximate surface area is 206 Å². The highest BCUT2D eigenvalue weighted by atomic mass is 35.5. The normalized spacial score (nSPS) is 18.4. The molecule has 6 nitrogen and oxygen atoms in total. The van der Waals surface area contributed by atoms with Crippen LogP contribution in [0.4, 0.5) is 4.39 Å². The molecule has 0 atom stereocenters. The van der Waals surface area contributed by atoms with Gasteiger partial charge in [0.05, 0.1) is 16.7 Å². The predicted molar refractivity (Wildman–Crippen MR) is 136 cm³/mol. The number of hydrogen-bond donors (Lipinski definition) is 4. The first-order valence-corrected chi connectivity index (χ1v) is 11.4. The van der Waals surface area contributed by atoms with Crippen LogP contribution in [-0.4, -0.2) is 64.4 Å². The van der Waals surface area contributed by atoms with E-state index in [0.29, 0.717) is 42.2 Å². The minimum Gasteiger partial charge on any atom is -0.508 e. The molecule has 0 unspecified atom stereocenters. The van der Waals surface area contributed by atoms with E-state index in [1.807, 2.05) is 17.0 Å². The molecule has 0 aromatic heterocycles. The van der Waals surface area contributed by atoms with Gasteiger partial charge in [-0.25, -0.2) is 4.39 Å². The van der Waals surface area contributed by atoms with Gasteiger partial charge in [0, 0.05) is 42.9 Å². The zero-order valence-corrected chi connectivity index (χ0v) is 19.8. The maximum Gasteiger partial charge on any atom is 0.251 e. The third kappa shape index (κ3) is 4.36. The summed E-state index contributed by atoms with van der Waals surface area (Å²) < 4.78 is 15.6. The average molecular weight is 500 g/mol. The highest BCUT2D eigenvalue weighted by molar-refractivity contribution is 7.84. The lowest BCUT2D eigenvalue weighted by Gasteiger charge is -2.37. The molecule has 1 aliphatic heterocycles. The number of piperazine rings is 1. The Kier molecular flexibility index (Phi) is 6.84. The Morgan fingerprint density at radius 1 is 1.18 bits per heavy atom. The zero-order valence-electron chi connectivity index (χ0n) is 18.2. The van der Waals surface area contributed by atoms with E-state index < -0.39 is 12.4 Å². The van der Waals surface area contributed by atoms with Crippen molar-refractivity contribution in [1.29, 1.82) is 5.41 Å². The third-order valence-electron chi connectivity index (χ3n) is 5.93. The molecule has 2 aromatic carbocycles. The number of hydrogen-bond acceptors (Lipinski definition) is 6. The van der Waals surface area contributed by atoms with Crippen molar-refractivity contribution in [2.45, 2.75) is 0 Å². The maximum absolute atomic E-state index is 15.6. The fourth-order valence-electron chi connectivity index (χ4n) is 4.13. The number of phenolic OH excluding ortho intramolecular Hbond substituents is 1. The van der Waals surface area contributed by atoms with Crippen molar-refractivity contribution in [3.63, 3.8) is 0 Å². The standard InChI is InChI=1S/C25H23ClFN3O3S/c1-14(13-31)24(33)29-6-8-30(9-7-29)25(34)19-12-20(26)21(22(27)23(19)28)18-11-16(32)10-15-4-2-3-5-17(15)18/h2-5,10-12,28,31-32,34H,1,6-9,13H2/b25-19-,28-23?. The topological polar surface area (TPSA) is 87.9 Å². The van der Waals surface area contributed by atoms with E-state index in [-0.39, 0.29) is 39.1 Å². The molecular formula is C25H23ClFN3O3S. The molecule has 1 heterocycles. The van der Waals surface area contributed by atoms with Gasteiger partial charge in [-0.15, -0.1) is 12.6 Å². The van der Waals surface area contributed by atoms with Crippen LogP contribution in [0, 0.1) is 5.41 Å². The Morgan fingerprint density at radius 3 is 2.50 bits per heavy atom. The van der Waals surface area contributed by atoms with Crippen molar-refractivity contribution >= 4 is 52.2 Å². The second kappa shape index (κ2) is 9.66. The lowest BCUT2D eigenvalue weighted by atomic mass is 9.91. The number of halogens is 2. The van der Waals surface area contributed by atoms with Gasteiger partial charge in [0.15, 0.2) is 5.83 Å². The molecule has 1 fully saturated rings. The van der Waals surface area contributed by atoms with Gasteiger partial charge in [0.25, 0.3) is 5.91 Å². The fourth-order valence-corrected chi connectivity index (χ4v) is 4.80. The SMILES string of the molecule is C=C(CO)C(=O)N1CCN(/C(S)=C2\C=C(Cl)C(c3cc(O)cc4ccccc34)=C(F)C2=N)CC1. The van der Waals surface area contributed by atoms with Crippen molar-refractivity contribution in [1.82, 2.24) is 9.80 Å². The lowest BCUT2D eigenvalue weighted by molar-refractivity contribution is -0.128. The van der Waals surface area contributed by atoms with E-state index in [4.69, 9.17) is 22.1 Å². The van der Waals surface area contributed by atoms with E-state index in [9.17, 15) is 9.90 Å². The number of nitrogens with one attached hydrogen (secondary N) is 1. The number of carbonyl (C=O) groups excluding carboxylic acids is 1. The third-order valence-corrected chi connectivity index (χ3v) is 6.76. The van der Waals surface area contributed by atoms with Crippen molar-refractivity contribution < 1.29 is 19.4 Å². The molecule has 2 aromatic rings. The van der Waals surface area contributed by atoms with Crippen LogP contribution in [0.2, 0.25) is 0 Å². The summed E-state index contributed by atoms with van der Waals surface area (Å²) in [5.74, 6) is -1.14. The molecule has 0 radical (unpaired) electrons. The van der Waals surface area contributed by atoms with E-state index >= 15 is 4.39 Å². The summed E-state index contributed by atoms with van der Waals surface area (Å²) in [6.07, 6.45) is 1.51. The number of thiol groups is 1. The summed E-state index contributed by atoms with van der Waals surface area (Å²) in [7, 11) is 0. The number of carbonyl (C=O) groups is 1. The Balaban J connectivity index is 1.65. The summed E-state index contributed by atoms with van der Waals surface area (Å²) in [5, 5.41) is 29.7. The smallest absolute Gasteiger partial charge is 0.251 e. The summed E-state index contributed by atoms with van der Waals surface area (Å²) in [6, 6.07) is 10.3. The van der Waals surface area contributed by atoms with Gasteiger partial charge in [-0.05, 0) is 34.5 Å².